The number of rotatable bonds is 4. The van der Waals surface area contributed by atoms with E-state index >= 15 is 0 Å². The lowest BCUT2D eigenvalue weighted by Gasteiger charge is -2.23. The summed E-state index contributed by atoms with van der Waals surface area (Å²) in [4.78, 5) is 26.9. The van der Waals surface area contributed by atoms with Crippen molar-refractivity contribution < 1.29 is 4.79 Å². The number of carbonyl (C=O) groups excluding carboxylic acids is 1. The van der Waals surface area contributed by atoms with E-state index in [1.165, 1.54) is 24.8 Å². The van der Waals surface area contributed by atoms with Gasteiger partial charge in [-0.1, -0.05) is 26.2 Å². The van der Waals surface area contributed by atoms with Crippen molar-refractivity contribution in [2.24, 2.45) is 5.92 Å². The van der Waals surface area contributed by atoms with E-state index in [1.54, 1.807) is 6.33 Å². The third kappa shape index (κ3) is 3.22. The molecule has 1 amide bonds. The number of fused-ring (bicyclic) bond motifs is 1. The quantitative estimate of drug-likeness (QED) is 0.897. The Balaban J connectivity index is 1.46. The predicted molar refractivity (Wildman–Crippen MR) is 98.6 cm³/mol. The summed E-state index contributed by atoms with van der Waals surface area (Å²) in [5, 5.41) is 4.42. The van der Waals surface area contributed by atoms with Crippen molar-refractivity contribution in [1.29, 1.82) is 0 Å². The Morgan fingerprint density at radius 2 is 2.12 bits per heavy atom. The Labute approximate surface area is 148 Å². The minimum atomic E-state index is 0.225. The average molecular weight is 341 g/mol. The minimum Gasteiger partial charge on any atom is -0.354 e. The van der Waals surface area contributed by atoms with Crippen LogP contribution in [-0.4, -0.2) is 40.0 Å². The molecule has 1 saturated carbocycles. The summed E-state index contributed by atoms with van der Waals surface area (Å²) in [5.41, 5.74) is 2.15. The van der Waals surface area contributed by atoms with E-state index < -0.39 is 0 Å². The number of nitrogens with one attached hydrogen (secondary N) is 2. The van der Waals surface area contributed by atoms with Crippen LogP contribution in [0.5, 0.6) is 0 Å². The highest BCUT2D eigenvalue weighted by atomic mass is 16.2. The highest BCUT2D eigenvalue weighted by Crippen LogP contribution is 2.29. The van der Waals surface area contributed by atoms with E-state index in [0.29, 0.717) is 0 Å². The van der Waals surface area contributed by atoms with E-state index in [2.05, 4.69) is 32.1 Å². The van der Waals surface area contributed by atoms with Gasteiger partial charge in [0.2, 0.25) is 5.91 Å². The third-order valence-corrected chi connectivity index (χ3v) is 5.72. The van der Waals surface area contributed by atoms with Gasteiger partial charge in [0.05, 0.1) is 5.39 Å². The summed E-state index contributed by atoms with van der Waals surface area (Å²) < 4.78 is 0. The third-order valence-electron chi connectivity index (χ3n) is 5.72. The van der Waals surface area contributed by atoms with Crippen LogP contribution in [0.3, 0.4) is 0 Å². The first kappa shape index (κ1) is 16.4. The lowest BCUT2D eigenvalue weighted by Crippen LogP contribution is -2.41. The largest absolute Gasteiger partial charge is 0.354 e. The number of aryl methyl sites for hydroxylation is 1. The van der Waals surface area contributed by atoms with Gasteiger partial charge in [0.15, 0.2) is 0 Å². The zero-order valence-corrected chi connectivity index (χ0v) is 14.9. The Morgan fingerprint density at radius 3 is 2.92 bits per heavy atom. The van der Waals surface area contributed by atoms with Gasteiger partial charge in [-0.3, -0.25) is 4.79 Å². The van der Waals surface area contributed by atoms with E-state index in [-0.39, 0.29) is 17.9 Å². The summed E-state index contributed by atoms with van der Waals surface area (Å²) >= 11 is 0. The average Bonchev–Trinajstić information content (AvgIpc) is 3.29. The predicted octanol–water partition coefficient (Wildman–Crippen LogP) is 2.80. The second-order valence-corrected chi connectivity index (χ2v) is 7.36. The summed E-state index contributed by atoms with van der Waals surface area (Å²) in [7, 11) is 0. The van der Waals surface area contributed by atoms with Crippen molar-refractivity contribution in [3.05, 3.63) is 18.1 Å². The van der Waals surface area contributed by atoms with E-state index in [1.807, 2.05) is 6.20 Å². The highest BCUT2D eigenvalue weighted by Gasteiger charge is 2.29. The molecule has 6 heteroatoms. The number of aromatic amines is 1. The molecule has 0 bridgehead atoms. The molecule has 2 N–H and O–H groups in total. The zero-order valence-electron chi connectivity index (χ0n) is 14.9. The van der Waals surface area contributed by atoms with E-state index in [9.17, 15) is 4.79 Å². The smallest absolute Gasteiger partial charge is 0.223 e. The topological polar surface area (TPSA) is 73.9 Å². The molecule has 2 aromatic rings. The first-order valence-electron chi connectivity index (χ1n) is 9.62. The molecule has 1 saturated heterocycles. The molecule has 2 aliphatic rings. The Morgan fingerprint density at radius 1 is 1.28 bits per heavy atom. The van der Waals surface area contributed by atoms with Gasteiger partial charge < -0.3 is 15.2 Å². The van der Waals surface area contributed by atoms with Gasteiger partial charge in [-0.2, -0.15) is 0 Å². The zero-order chi connectivity index (χ0) is 17.2. The normalized spacial score (nSPS) is 21.8. The van der Waals surface area contributed by atoms with Crippen molar-refractivity contribution >= 4 is 22.8 Å². The van der Waals surface area contributed by atoms with Crippen LogP contribution in [0.2, 0.25) is 0 Å². The molecule has 0 unspecified atom stereocenters. The molecule has 6 nitrogen and oxygen atoms in total. The molecule has 1 aliphatic heterocycles. The first-order valence-corrected chi connectivity index (χ1v) is 9.62. The maximum Gasteiger partial charge on any atom is 0.223 e. The number of nitrogens with zero attached hydrogens (tertiary/aromatic N) is 3. The van der Waals surface area contributed by atoms with Gasteiger partial charge in [0.1, 0.15) is 17.8 Å². The van der Waals surface area contributed by atoms with Gasteiger partial charge in [-0.05, 0) is 31.2 Å². The van der Waals surface area contributed by atoms with Gasteiger partial charge in [-0.15, -0.1) is 0 Å². The number of anilines is 1. The van der Waals surface area contributed by atoms with Gasteiger partial charge in [0, 0.05) is 31.2 Å². The molecule has 0 radical (unpaired) electrons. The molecular weight excluding hydrogens is 314 g/mol. The summed E-state index contributed by atoms with van der Waals surface area (Å²) in [6.45, 7) is 3.91. The first-order chi connectivity index (χ1) is 12.3. The van der Waals surface area contributed by atoms with Crippen LogP contribution in [0, 0.1) is 5.92 Å². The van der Waals surface area contributed by atoms with Crippen LogP contribution in [-0.2, 0) is 11.2 Å². The molecule has 4 rings (SSSR count). The summed E-state index contributed by atoms with van der Waals surface area (Å²) in [5.74, 6) is 1.48. The van der Waals surface area contributed by atoms with Crippen LogP contribution in [0.1, 0.15) is 51.0 Å². The van der Waals surface area contributed by atoms with E-state index in [0.717, 1.165) is 55.6 Å². The van der Waals surface area contributed by atoms with Crippen LogP contribution >= 0.6 is 0 Å². The number of hydrogen-bond acceptors (Lipinski definition) is 4. The van der Waals surface area contributed by atoms with Crippen LogP contribution < -0.4 is 10.2 Å². The number of carbonyl (C=O) groups is 1. The number of amides is 1. The van der Waals surface area contributed by atoms with Crippen molar-refractivity contribution in [1.82, 2.24) is 20.3 Å². The van der Waals surface area contributed by atoms with Gasteiger partial charge >= 0.3 is 0 Å². The molecule has 3 heterocycles. The number of aromatic nitrogens is 3. The van der Waals surface area contributed by atoms with Crippen molar-refractivity contribution in [3.8, 4) is 0 Å². The second-order valence-electron chi connectivity index (χ2n) is 7.36. The maximum atomic E-state index is 12.5. The number of H-pyrrole nitrogens is 1. The molecule has 1 atom stereocenters. The standard InChI is InChI=1S/C19H27N5O/c1-2-13-10-20-17-16(13)18(22-12-21-17)24-9-8-15(11-24)23-19(25)14-6-4-3-5-7-14/h10,12,14-15H,2-9,11H2,1H3,(H,23,25)(H,20,21,22)/t15-/m0/s1. The maximum absolute atomic E-state index is 12.5. The van der Waals surface area contributed by atoms with Crippen LogP contribution in [0.15, 0.2) is 12.5 Å². The fourth-order valence-corrected chi connectivity index (χ4v) is 4.28. The molecular formula is C19H27N5O. The van der Waals surface area contributed by atoms with Crippen LogP contribution in [0.25, 0.3) is 11.0 Å². The molecule has 2 aromatic heterocycles. The fraction of sp³-hybridized carbons (Fsp3) is 0.632. The lowest BCUT2D eigenvalue weighted by molar-refractivity contribution is -0.126. The monoisotopic (exact) mass is 341 g/mol. The molecule has 1 aliphatic carbocycles. The SMILES string of the molecule is CCc1c[nH]c2ncnc(N3CC[C@H](NC(=O)C4CCCCC4)C3)c12. The van der Waals surface area contributed by atoms with Crippen molar-refractivity contribution in [2.45, 2.75) is 57.9 Å². The van der Waals surface area contributed by atoms with Crippen molar-refractivity contribution in [2.75, 3.05) is 18.0 Å². The lowest BCUT2D eigenvalue weighted by atomic mass is 9.88. The molecule has 2 fully saturated rings. The van der Waals surface area contributed by atoms with Crippen molar-refractivity contribution in [3.63, 3.8) is 0 Å². The van der Waals surface area contributed by atoms with Gasteiger partial charge in [-0.25, -0.2) is 9.97 Å². The second kappa shape index (κ2) is 7.02. The number of hydrogen-bond donors (Lipinski definition) is 2. The summed E-state index contributed by atoms with van der Waals surface area (Å²) in [6.07, 6.45) is 11.4. The van der Waals surface area contributed by atoms with Gasteiger partial charge in [0.25, 0.3) is 0 Å². The molecule has 0 aromatic carbocycles. The highest BCUT2D eigenvalue weighted by molar-refractivity contribution is 5.91. The molecule has 0 spiro atoms. The molecule has 25 heavy (non-hydrogen) atoms. The minimum absolute atomic E-state index is 0.225. The summed E-state index contributed by atoms with van der Waals surface area (Å²) in [6, 6.07) is 0.225. The Hall–Kier alpha value is -2.11. The van der Waals surface area contributed by atoms with Crippen LogP contribution in [0.4, 0.5) is 5.82 Å². The fourth-order valence-electron chi connectivity index (χ4n) is 4.28. The molecule has 134 valence electrons. The van der Waals surface area contributed by atoms with E-state index in [4.69, 9.17) is 0 Å². The Bertz CT molecular complexity index is 749. The Kier molecular flexibility index (Phi) is 4.59.